The molecule has 0 atom stereocenters. The molecule has 0 aliphatic rings. The first-order valence-electron chi connectivity index (χ1n) is 6.00. The Kier molecular flexibility index (Phi) is 7.20. The lowest BCUT2D eigenvalue weighted by molar-refractivity contribution is -0.140. The monoisotopic (exact) mass is 285 g/mol. The van der Waals surface area contributed by atoms with Gasteiger partial charge in [-0.1, -0.05) is 0 Å². The van der Waals surface area contributed by atoms with Crippen molar-refractivity contribution in [1.29, 1.82) is 0 Å². The van der Waals surface area contributed by atoms with Gasteiger partial charge in [-0.05, 0) is 6.92 Å². The average molecular weight is 285 g/mol. The summed E-state index contributed by atoms with van der Waals surface area (Å²) < 4.78 is 9.64. The molecule has 1 rings (SSSR count). The van der Waals surface area contributed by atoms with E-state index in [2.05, 4.69) is 20.0 Å². The maximum absolute atomic E-state index is 11.0. The van der Waals surface area contributed by atoms with E-state index in [0.29, 0.717) is 24.6 Å². The smallest absolute Gasteiger partial charge is 0.306 e. The lowest BCUT2D eigenvalue weighted by Gasteiger charge is -2.08. The predicted octanol–water partition coefficient (Wildman–Crippen LogP) is 1.71. The van der Waals surface area contributed by atoms with E-state index in [1.54, 1.807) is 7.11 Å². The van der Waals surface area contributed by atoms with E-state index < -0.39 is 0 Å². The van der Waals surface area contributed by atoms with Gasteiger partial charge >= 0.3 is 5.97 Å². The van der Waals surface area contributed by atoms with Crippen LogP contribution in [0.15, 0.2) is 11.1 Å². The number of carbonyl (C=O) groups excluding carboxylic acids is 1. The van der Waals surface area contributed by atoms with Crippen LogP contribution in [-0.2, 0) is 20.9 Å². The van der Waals surface area contributed by atoms with Crippen LogP contribution in [0.5, 0.6) is 0 Å². The molecule has 19 heavy (non-hydrogen) atoms. The fourth-order valence-electron chi connectivity index (χ4n) is 1.35. The molecule has 0 fully saturated rings. The van der Waals surface area contributed by atoms with E-state index in [0.717, 1.165) is 17.4 Å². The van der Waals surface area contributed by atoms with Gasteiger partial charge in [0.25, 0.3) is 0 Å². The first-order chi connectivity index (χ1) is 9.19. The van der Waals surface area contributed by atoms with Gasteiger partial charge in [-0.25, -0.2) is 9.97 Å². The van der Waals surface area contributed by atoms with Crippen LogP contribution in [0.1, 0.15) is 19.2 Å². The molecule has 0 bridgehead atoms. The Morgan fingerprint density at radius 3 is 2.84 bits per heavy atom. The average Bonchev–Trinajstić information content (AvgIpc) is 2.39. The summed E-state index contributed by atoms with van der Waals surface area (Å²) in [6, 6.07) is 1.87. The summed E-state index contributed by atoms with van der Waals surface area (Å²) in [5, 5.41) is 3.97. The normalized spacial score (nSPS) is 10.3. The third kappa shape index (κ3) is 5.89. The highest BCUT2D eigenvalue weighted by Gasteiger charge is 2.06. The van der Waals surface area contributed by atoms with Crippen LogP contribution in [0.4, 0.5) is 5.82 Å². The van der Waals surface area contributed by atoms with Crippen molar-refractivity contribution >= 4 is 23.5 Å². The zero-order chi connectivity index (χ0) is 14.1. The van der Waals surface area contributed by atoms with Crippen molar-refractivity contribution in [2.75, 3.05) is 31.8 Å². The highest BCUT2D eigenvalue weighted by Crippen LogP contribution is 2.20. The molecular weight excluding hydrogens is 266 g/mol. The van der Waals surface area contributed by atoms with Crippen molar-refractivity contribution in [3.63, 3.8) is 0 Å². The minimum absolute atomic E-state index is 0.217. The Bertz CT molecular complexity index is 391. The molecule has 1 aromatic rings. The van der Waals surface area contributed by atoms with Gasteiger partial charge in [0.15, 0.2) is 5.82 Å². The number of nitrogens with one attached hydrogen (secondary N) is 1. The summed E-state index contributed by atoms with van der Waals surface area (Å²) >= 11 is 1.50. The molecule has 1 aromatic heterocycles. The van der Waals surface area contributed by atoms with E-state index in [4.69, 9.17) is 4.74 Å². The number of thioether (sulfide) groups is 1. The van der Waals surface area contributed by atoms with Gasteiger partial charge < -0.3 is 14.8 Å². The number of carbonyl (C=O) groups is 1. The van der Waals surface area contributed by atoms with Crippen molar-refractivity contribution < 1.29 is 14.3 Å². The second-order valence-corrected chi connectivity index (χ2v) is 4.76. The summed E-state index contributed by atoms with van der Waals surface area (Å²) in [7, 11) is 2.99. The van der Waals surface area contributed by atoms with E-state index >= 15 is 0 Å². The fraction of sp³-hybridized carbons (Fsp3) is 0.583. The molecule has 0 unspecified atom stereocenters. The number of nitrogens with zero attached hydrogens (tertiary/aromatic N) is 2. The van der Waals surface area contributed by atoms with E-state index in [9.17, 15) is 4.79 Å². The predicted molar refractivity (Wildman–Crippen MR) is 74.3 cm³/mol. The highest BCUT2D eigenvalue weighted by molar-refractivity contribution is 7.99. The number of methoxy groups -OCH3 is 2. The van der Waals surface area contributed by atoms with Crippen LogP contribution in [0.25, 0.3) is 0 Å². The van der Waals surface area contributed by atoms with Gasteiger partial charge in [-0.3, -0.25) is 4.79 Å². The number of aromatic nitrogens is 2. The minimum atomic E-state index is -0.217. The van der Waals surface area contributed by atoms with Crippen LogP contribution in [0, 0.1) is 0 Å². The van der Waals surface area contributed by atoms with E-state index in [1.165, 1.54) is 18.9 Å². The summed E-state index contributed by atoms with van der Waals surface area (Å²) in [4.78, 5) is 19.7. The van der Waals surface area contributed by atoms with Crippen molar-refractivity contribution in [1.82, 2.24) is 9.97 Å². The molecule has 0 saturated carbocycles. The van der Waals surface area contributed by atoms with Crippen molar-refractivity contribution in [2.24, 2.45) is 0 Å². The first kappa shape index (κ1) is 15.7. The standard InChI is InChI=1S/C12H19N3O3S/c1-4-13-9-7-11(15-10(14-9)8-17-2)19-6-5-12(16)18-3/h7H,4-6,8H2,1-3H3,(H,13,14,15). The number of hydrogen-bond donors (Lipinski definition) is 1. The van der Waals surface area contributed by atoms with Gasteiger partial charge in [0.2, 0.25) is 0 Å². The molecule has 0 aliphatic carbocycles. The van der Waals surface area contributed by atoms with Gasteiger partial charge in [0.1, 0.15) is 17.5 Å². The fourth-order valence-corrected chi connectivity index (χ4v) is 2.20. The van der Waals surface area contributed by atoms with Crippen LogP contribution in [0.2, 0.25) is 0 Å². The largest absolute Gasteiger partial charge is 0.469 e. The lowest BCUT2D eigenvalue weighted by Crippen LogP contribution is -2.06. The summed E-state index contributed by atoms with van der Waals surface area (Å²) in [6.07, 6.45) is 0.362. The maximum Gasteiger partial charge on any atom is 0.306 e. The Morgan fingerprint density at radius 1 is 1.42 bits per heavy atom. The Hall–Kier alpha value is -1.34. The quantitative estimate of drug-likeness (QED) is 0.443. The summed E-state index contributed by atoms with van der Waals surface area (Å²) in [5.74, 6) is 1.80. The van der Waals surface area contributed by atoms with Crippen LogP contribution < -0.4 is 5.32 Å². The highest BCUT2D eigenvalue weighted by atomic mass is 32.2. The number of rotatable bonds is 8. The molecule has 7 heteroatoms. The second kappa shape index (κ2) is 8.71. The summed E-state index contributed by atoms with van der Waals surface area (Å²) in [5.41, 5.74) is 0. The molecule has 0 aliphatic heterocycles. The van der Waals surface area contributed by atoms with Gasteiger partial charge in [-0.15, -0.1) is 11.8 Å². The molecule has 106 valence electrons. The molecule has 1 heterocycles. The third-order valence-corrected chi connectivity index (χ3v) is 3.08. The molecule has 0 saturated heterocycles. The summed E-state index contributed by atoms with van der Waals surface area (Å²) in [6.45, 7) is 3.15. The number of hydrogen-bond acceptors (Lipinski definition) is 7. The van der Waals surface area contributed by atoms with Gasteiger partial charge in [0, 0.05) is 25.5 Å². The molecule has 1 N–H and O–H groups in total. The zero-order valence-corrected chi connectivity index (χ0v) is 12.2. The van der Waals surface area contributed by atoms with Crippen molar-refractivity contribution in [3.8, 4) is 0 Å². The molecular formula is C12H19N3O3S. The van der Waals surface area contributed by atoms with Crippen LogP contribution >= 0.6 is 11.8 Å². The van der Waals surface area contributed by atoms with Crippen LogP contribution in [0.3, 0.4) is 0 Å². The first-order valence-corrected chi connectivity index (χ1v) is 6.98. The SMILES string of the molecule is CCNc1cc(SCCC(=O)OC)nc(COC)n1. The number of esters is 1. The van der Waals surface area contributed by atoms with Crippen molar-refractivity contribution in [3.05, 3.63) is 11.9 Å². The Morgan fingerprint density at radius 2 is 2.21 bits per heavy atom. The molecule has 0 radical (unpaired) electrons. The third-order valence-electron chi connectivity index (χ3n) is 2.16. The van der Waals surface area contributed by atoms with E-state index in [1.807, 2.05) is 13.0 Å². The maximum atomic E-state index is 11.0. The van der Waals surface area contributed by atoms with Gasteiger partial charge in [-0.2, -0.15) is 0 Å². The minimum Gasteiger partial charge on any atom is -0.469 e. The Balaban J connectivity index is 2.66. The molecule has 0 spiro atoms. The number of ether oxygens (including phenoxy) is 2. The second-order valence-electron chi connectivity index (χ2n) is 3.65. The van der Waals surface area contributed by atoms with E-state index in [-0.39, 0.29) is 5.97 Å². The Labute approximate surface area is 117 Å². The molecule has 0 amide bonds. The van der Waals surface area contributed by atoms with Crippen LogP contribution in [-0.4, -0.2) is 42.5 Å². The topological polar surface area (TPSA) is 73.3 Å². The number of anilines is 1. The zero-order valence-electron chi connectivity index (χ0n) is 11.4. The molecule has 6 nitrogen and oxygen atoms in total. The van der Waals surface area contributed by atoms with Crippen molar-refractivity contribution in [2.45, 2.75) is 25.0 Å². The lowest BCUT2D eigenvalue weighted by atomic mass is 10.5. The van der Waals surface area contributed by atoms with Gasteiger partial charge in [0.05, 0.1) is 13.5 Å². The molecule has 0 aromatic carbocycles.